The lowest BCUT2D eigenvalue weighted by atomic mass is 10.0. The quantitative estimate of drug-likeness (QED) is 0.825. The second-order valence-electron chi connectivity index (χ2n) is 4.85. The van der Waals surface area contributed by atoms with Crippen molar-refractivity contribution in [2.45, 2.75) is 30.6 Å². The van der Waals surface area contributed by atoms with E-state index in [0.29, 0.717) is 6.61 Å². The number of carbonyl (C=O) groups excluding carboxylic acids is 1. The highest BCUT2D eigenvalue weighted by Crippen LogP contribution is 2.28. The summed E-state index contributed by atoms with van der Waals surface area (Å²) in [6.45, 7) is 0.534. The number of carboxylic acids is 1. The van der Waals surface area contributed by atoms with Gasteiger partial charge >= 0.3 is 5.97 Å². The molecule has 0 aliphatic carbocycles. The van der Waals surface area contributed by atoms with Crippen LogP contribution in [0.5, 0.6) is 0 Å². The van der Waals surface area contributed by atoms with E-state index in [1.807, 2.05) is 0 Å². The third-order valence-corrected chi connectivity index (χ3v) is 5.03. The molecule has 2 aliphatic heterocycles. The number of rotatable bonds is 3. The minimum atomic E-state index is -0.881. The number of nitrogens with zero attached hydrogens (tertiary/aromatic N) is 1. The van der Waals surface area contributed by atoms with Crippen molar-refractivity contribution in [3.05, 3.63) is 0 Å². The van der Waals surface area contributed by atoms with Gasteiger partial charge in [0.25, 0.3) is 0 Å². The van der Waals surface area contributed by atoms with Crippen molar-refractivity contribution in [1.29, 1.82) is 0 Å². The fourth-order valence-corrected chi connectivity index (χ4v) is 3.78. The van der Waals surface area contributed by atoms with Gasteiger partial charge in [-0.25, -0.2) is 0 Å². The molecule has 102 valence electrons. The first-order valence-electron chi connectivity index (χ1n) is 6.30. The Morgan fingerprint density at radius 2 is 2.11 bits per heavy atom. The molecule has 2 saturated heterocycles. The van der Waals surface area contributed by atoms with Gasteiger partial charge in [0, 0.05) is 7.05 Å². The maximum atomic E-state index is 12.3. The number of thioether (sulfide) groups is 1. The molecule has 3 atom stereocenters. The van der Waals surface area contributed by atoms with Gasteiger partial charge in [-0.05, 0) is 18.6 Å². The smallest absolute Gasteiger partial charge is 0.311 e. The van der Waals surface area contributed by atoms with Crippen LogP contribution in [0.4, 0.5) is 0 Å². The van der Waals surface area contributed by atoms with Gasteiger partial charge in [0.1, 0.15) is 5.92 Å². The van der Waals surface area contributed by atoms with Gasteiger partial charge in [0.05, 0.1) is 24.5 Å². The Kier molecular flexibility index (Phi) is 4.50. The summed E-state index contributed by atoms with van der Waals surface area (Å²) in [5, 5.41) is 9.10. The number of amides is 1. The summed E-state index contributed by atoms with van der Waals surface area (Å²) in [6, 6.07) is -0.322. The summed E-state index contributed by atoms with van der Waals surface area (Å²) >= 11 is 1.69. The molecule has 0 aromatic carbocycles. The largest absolute Gasteiger partial charge is 0.481 e. The number of hydrogen-bond donors (Lipinski definition) is 1. The molecule has 2 fully saturated rings. The molecule has 2 rings (SSSR count). The van der Waals surface area contributed by atoms with Gasteiger partial charge in [0.2, 0.25) is 5.91 Å². The molecule has 18 heavy (non-hydrogen) atoms. The Labute approximate surface area is 111 Å². The molecule has 2 aliphatic rings. The zero-order chi connectivity index (χ0) is 13.1. The summed E-state index contributed by atoms with van der Waals surface area (Å²) in [4.78, 5) is 25.0. The van der Waals surface area contributed by atoms with Crippen LogP contribution in [0, 0.1) is 5.92 Å². The summed E-state index contributed by atoms with van der Waals surface area (Å²) < 4.78 is 5.21. The number of hydrogen-bond acceptors (Lipinski definition) is 4. The van der Waals surface area contributed by atoms with E-state index in [9.17, 15) is 9.59 Å². The summed E-state index contributed by atoms with van der Waals surface area (Å²) in [6.07, 6.45) is 3.16. The third kappa shape index (κ3) is 2.80. The van der Waals surface area contributed by atoms with Gasteiger partial charge in [-0.3, -0.25) is 9.59 Å². The molecular formula is C12H19NO4S. The summed E-state index contributed by atoms with van der Waals surface area (Å²) in [5.41, 5.74) is 0. The van der Waals surface area contributed by atoms with Crippen LogP contribution in [-0.2, 0) is 14.3 Å². The number of carbonyl (C=O) groups is 2. The minimum Gasteiger partial charge on any atom is -0.481 e. The monoisotopic (exact) mass is 273 g/mol. The normalized spacial score (nSPS) is 32.2. The van der Waals surface area contributed by atoms with Crippen LogP contribution in [0.25, 0.3) is 0 Å². The minimum absolute atomic E-state index is 0.00112. The highest BCUT2D eigenvalue weighted by molar-refractivity contribution is 8.00. The lowest BCUT2D eigenvalue weighted by Crippen LogP contribution is -2.47. The van der Waals surface area contributed by atoms with Crippen molar-refractivity contribution in [1.82, 2.24) is 4.90 Å². The molecule has 5 nitrogen and oxygen atoms in total. The van der Waals surface area contributed by atoms with Gasteiger partial charge in [-0.2, -0.15) is 0 Å². The van der Waals surface area contributed by atoms with Crippen molar-refractivity contribution in [3.8, 4) is 0 Å². The van der Waals surface area contributed by atoms with E-state index in [0.717, 1.165) is 18.6 Å². The van der Waals surface area contributed by atoms with Crippen molar-refractivity contribution >= 4 is 23.6 Å². The predicted molar refractivity (Wildman–Crippen MR) is 68.6 cm³/mol. The maximum Gasteiger partial charge on any atom is 0.311 e. The van der Waals surface area contributed by atoms with Gasteiger partial charge in [-0.15, -0.1) is 11.8 Å². The molecule has 0 aromatic rings. The number of likely N-dealkylation sites (N-methyl/N-ethyl adjacent to an activating group) is 1. The van der Waals surface area contributed by atoms with Crippen molar-refractivity contribution in [2.24, 2.45) is 5.92 Å². The molecule has 0 radical (unpaired) electrons. The van der Waals surface area contributed by atoms with Crippen LogP contribution >= 0.6 is 11.8 Å². The van der Waals surface area contributed by atoms with E-state index in [4.69, 9.17) is 9.84 Å². The van der Waals surface area contributed by atoms with Crippen molar-refractivity contribution < 1.29 is 19.4 Å². The average molecular weight is 273 g/mol. The SMILES string of the molecule is CN(C(=O)C1CCCCS1)C1COCC1C(=O)O. The lowest BCUT2D eigenvalue weighted by molar-refractivity contribution is -0.144. The Morgan fingerprint density at radius 3 is 2.72 bits per heavy atom. The second kappa shape index (κ2) is 5.93. The molecule has 2 heterocycles. The molecule has 0 bridgehead atoms. The van der Waals surface area contributed by atoms with E-state index < -0.39 is 11.9 Å². The van der Waals surface area contributed by atoms with Gasteiger partial charge in [0.15, 0.2) is 0 Å². The van der Waals surface area contributed by atoms with E-state index in [-0.39, 0.29) is 23.8 Å². The molecular weight excluding hydrogens is 254 g/mol. The van der Waals surface area contributed by atoms with Crippen LogP contribution in [0.2, 0.25) is 0 Å². The number of aliphatic carboxylic acids is 1. The Morgan fingerprint density at radius 1 is 1.33 bits per heavy atom. The highest BCUT2D eigenvalue weighted by Gasteiger charge is 2.40. The van der Waals surface area contributed by atoms with E-state index in [1.165, 1.54) is 6.42 Å². The zero-order valence-electron chi connectivity index (χ0n) is 10.5. The second-order valence-corrected chi connectivity index (χ2v) is 6.16. The lowest BCUT2D eigenvalue weighted by Gasteiger charge is -2.31. The Hall–Kier alpha value is -0.750. The topological polar surface area (TPSA) is 66.8 Å². The third-order valence-electron chi connectivity index (χ3n) is 3.67. The summed E-state index contributed by atoms with van der Waals surface area (Å²) in [5.74, 6) is -0.393. The summed E-state index contributed by atoms with van der Waals surface area (Å²) in [7, 11) is 1.70. The van der Waals surface area contributed by atoms with Gasteiger partial charge in [-0.1, -0.05) is 6.42 Å². The first-order valence-corrected chi connectivity index (χ1v) is 7.35. The van der Waals surface area contributed by atoms with Gasteiger partial charge < -0.3 is 14.7 Å². The number of carboxylic acid groups (broad SMARTS) is 1. The average Bonchev–Trinajstić information content (AvgIpc) is 2.87. The Bertz CT molecular complexity index is 330. The molecule has 3 unspecified atom stereocenters. The van der Waals surface area contributed by atoms with Crippen LogP contribution in [0.1, 0.15) is 19.3 Å². The fourth-order valence-electron chi connectivity index (χ4n) is 2.49. The molecule has 6 heteroatoms. The standard InChI is InChI=1S/C12H19NO4S/c1-13(9-7-17-6-8(9)12(15)16)11(14)10-4-2-3-5-18-10/h8-10H,2-7H2,1H3,(H,15,16). The molecule has 1 amide bonds. The van der Waals surface area contributed by atoms with Crippen LogP contribution in [-0.4, -0.2) is 59.2 Å². The maximum absolute atomic E-state index is 12.3. The van der Waals surface area contributed by atoms with Crippen LogP contribution < -0.4 is 0 Å². The van der Waals surface area contributed by atoms with Crippen molar-refractivity contribution in [3.63, 3.8) is 0 Å². The first-order chi connectivity index (χ1) is 8.61. The molecule has 1 N–H and O–H groups in total. The van der Waals surface area contributed by atoms with Crippen molar-refractivity contribution in [2.75, 3.05) is 26.0 Å². The van der Waals surface area contributed by atoms with Crippen LogP contribution in [0.15, 0.2) is 0 Å². The first kappa shape index (κ1) is 13.7. The molecule has 0 spiro atoms. The molecule has 0 saturated carbocycles. The van der Waals surface area contributed by atoms with Crippen LogP contribution in [0.3, 0.4) is 0 Å². The fraction of sp³-hybridized carbons (Fsp3) is 0.833. The Balaban J connectivity index is 1.98. The van der Waals surface area contributed by atoms with E-state index >= 15 is 0 Å². The highest BCUT2D eigenvalue weighted by atomic mass is 32.2. The number of ether oxygens (including phenoxy) is 1. The predicted octanol–water partition coefficient (Wildman–Crippen LogP) is 0.830. The van der Waals surface area contributed by atoms with E-state index in [2.05, 4.69) is 0 Å². The van der Waals surface area contributed by atoms with E-state index in [1.54, 1.807) is 23.7 Å². The molecule has 0 aromatic heterocycles. The zero-order valence-corrected chi connectivity index (χ0v) is 11.3.